The molecular formula is C17H25NO. The molecule has 0 bridgehead atoms. The molecule has 1 aliphatic rings. The molecule has 0 unspecified atom stereocenters. The summed E-state index contributed by atoms with van der Waals surface area (Å²) >= 11 is 0. The third kappa shape index (κ3) is 3.37. The molecule has 0 spiro atoms. The molecular weight excluding hydrogens is 234 g/mol. The molecule has 2 rings (SSSR count). The molecule has 1 aromatic rings. The zero-order valence-electron chi connectivity index (χ0n) is 12.5. The standard InChI is InChI=1S/C17H25NO/c1-12-9-13(11-18-14-7-5-6-8-14)16(19)15(10-12)17(2,3)4/h9-11,14,19H,5-8H2,1-4H3. The van der Waals surface area contributed by atoms with Gasteiger partial charge < -0.3 is 5.11 Å². The van der Waals surface area contributed by atoms with E-state index in [9.17, 15) is 5.11 Å². The van der Waals surface area contributed by atoms with E-state index in [4.69, 9.17) is 0 Å². The molecule has 0 atom stereocenters. The smallest absolute Gasteiger partial charge is 0.128 e. The van der Waals surface area contributed by atoms with Crippen molar-refractivity contribution in [2.75, 3.05) is 0 Å². The average molecular weight is 259 g/mol. The second-order valence-electron chi connectivity index (χ2n) is 6.72. The highest BCUT2D eigenvalue weighted by molar-refractivity contribution is 5.85. The second-order valence-corrected chi connectivity index (χ2v) is 6.72. The molecule has 1 saturated carbocycles. The maximum absolute atomic E-state index is 10.4. The third-order valence-corrected chi connectivity index (χ3v) is 3.84. The molecule has 104 valence electrons. The molecule has 1 N–H and O–H groups in total. The van der Waals surface area contributed by atoms with E-state index in [0.29, 0.717) is 11.8 Å². The van der Waals surface area contributed by atoms with Gasteiger partial charge in [0.1, 0.15) is 5.75 Å². The van der Waals surface area contributed by atoms with Crippen molar-refractivity contribution in [2.45, 2.75) is 64.8 Å². The highest BCUT2D eigenvalue weighted by Gasteiger charge is 2.20. The van der Waals surface area contributed by atoms with Crippen LogP contribution in [0.5, 0.6) is 5.75 Å². The van der Waals surface area contributed by atoms with Crippen molar-refractivity contribution in [3.63, 3.8) is 0 Å². The number of nitrogens with zero attached hydrogens (tertiary/aromatic N) is 1. The molecule has 0 radical (unpaired) electrons. The number of benzene rings is 1. The number of phenolic OH excluding ortho intramolecular Hbond substituents is 1. The Labute approximate surface area is 116 Å². The van der Waals surface area contributed by atoms with E-state index >= 15 is 0 Å². The maximum atomic E-state index is 10.4. The number of rotatable bonds is 2. The monoisotopic (exact) mass is 259 g/mol. The lowest BCUT2D eigenvalue weighted by molar-refractivity contribution is 0.445. The van der Waals surface area contributed by atoms with Gasteiger partial charge in [0, 0.05) is 23.4 Å². The van der Waals surface area contributed by atoms with Crippen LogP contribution in [0.2, 0.25) is 0 Å². The van der Waals surface area contributed by atoms with Crippen LogP contribution >= 0.6 is 0 Å². The van der Waals surface area contributed by atoms with Crippen LogP contribution < -0.4 is 0 Å². The van der Waals surface area contributed by atoms with Gasteiger partial charge in [-0.1, -0.05) is 39.7 Å². The minimum absolute atomic E-state index is 0.0496. The first kappa shape index (κ1) is 14.1. The van der Waals surface area contributed by atoms with Crippen LogP contribution in [-0.4, -0.2) is 17.4 Å². The van der Waals surface area contributed by atoms with Gasteiger partial charge in [0.05, 0.1) is 0 Å². The van der Waals surface area contributed by atoms with Crippen molar-refractivity contribution >= 4 is 6.21 Å². The van der Waals surface area contributed by atoms with E-state index in [1.807, 2.05) is 12.3 Å². The summed E-state index contributed by atoms with van der Waals surface area (Å²) in [6.07, 6.45) is 6.82. The summed E-state index contributed by atoms with van der Waals surface area (Å²) in [5, 5.41) is 10.4. The normalized spacial score (nSPS) is 17.5. The molecule has 19 heavy (non-hydrogen) atoms. The lowest BCUT2D eigenvalue weighted by atomic mass is 9.84. The Balaban J connectivity index is 2.32. The fourth-order valence-electron chi connectivity index (χ4n) is 2.72. The first-order chi connectivity index (χ1) is 8.88. The van der Waals surface area contributed by atoms with E-state index in [1.165, 1.54) is 31.2 Å². The highest BCUT2D eigenvalue weighted by atomic mass is 16.3. The Morgan fingerprint density at radius 3 is 2.42 bits per heavy atom. The maximum Gasteiger partial charge on any atom is 0.128 e. The first-order valence-corrected chi connectivity index (χ1v) is 7.25. The van der Waals surface area contributed by atoms with Crippen LogP contribution in [0.4, 0.5) is 0 Å². The molecule has 0 aromatic heterocycles. The largest absolute Gasteiger partial charge is 0.507 e. The van der Waals surface area contributed by atoms with Crippen LogP contribution in [0.1, 0.15) is 63.1 Å². The Kier molecular flexibility index (Phi) is 3.98. The van der Waals surface area contributed by atoms with E-state index in [1.54, 1.807) is 0 Å². The predicted molar refractivity (Wildman–Crippen MR) is 81.4 cm³/mol. The van der Waals surface area contributed by atoms with Crippen molar-refractivity contribution in [1.82, 2.24) is 0 Å². The van der Waals surface area contributed by atoms with Gasteiger partial charge in [0.15, 0.2) is 0 Å². The summed E-state index contributed by atoms with van der Waals surface area (Å²) in [5.41, 5.74) is 2.99. The Hall–Kier alpha value is -1.31. The SMILES string of the molecule is Cc1cc(C=NC2CCCC2)c(O)c(C(C)(C)C)c1. The van der Waals surface area contributed by atoms with E-state index in [-0.39, 0.29) is 5.41 Å². The van der Waals surface area contributed by atoms with Crippen LogP contribution in [0.15, 0.2) is 17.1 Å². The van der Waals surface area contributed by atoms with E-state index < -0.39 is 0 Å². The molecule has 1 fully saturated rings. The molecule has 2 heteroatoms. The molecule has 0 heterocycles. The van der Waals surface area contributed by atoms with Gasteiger partial charge in [0.25, 0.3) is 0 Å². The summed E-state index contributed by atoms with van der Waals surface area (Å²) < 4.78 is 0. The van der Waals surface area contributed by atoms with Gasteiger partial charge >= 0.3 is 0 Å². The molecule has 1 aromatic carbocycles. The summed E-state index contributed by atoms with van der Waals surface area (Å²) in [6.45, 7) is 8.44. The Morgan fingerprint density at radius 1 is 1.21 bits per heavy atom. The fraction of sp³-hybridized carbons (Fsp3) is 0.588. The fourth-order valence-corrected chi connectivity index (χ4v) is 2.72. The second kappa shape index (κ2) is 5.36. The van der Waals surface area contributed by atoms with Crippen LogP contribution in [0.3, 0.4) is 0 Å². The number of aliphatic imine (C=N–C) groups is 1. The number of aromatic hydroxyl groups is 1. The van der Waals surface area contributed by atoms with Crippen molar-refractivity contribution in [3.8, 4) is 5.75 Å². The minimum Gasteiger partial charge on any atom is -0.507 e. The van der Waals surface area contributed by atoms with Crippen molar-refractivity contribution < 1.29 is 5.11 Å². The zero-order chi connectivity index (χ0) is 14.0. The zero-order valence-corrected chi connectivity index (χ0v) is 12.5. The predicted octanol–water partition coefficient (Wildman–Crippen LogP) is 4.36. The molecule has 1 aliphatic carbocycles. The summed E-state index contributed by atoms with van der Waals surface area (Å²) in [6, 6.07) is 4.55. The number of hydrogen-bond donors (Lipinski definition) is 1. The average Bonchev–Trinajstić information content (AvgIpc) is 2.81. The molecule has 0 amide bonds. The topological polar surface area (TPSA) is 32.6 Å². The Bertz CT molecular complexity index is 477. The Morgan fingerprint density at radius 2 is 1.84 bits per heavy atom. The quantitative estimate of drug-likeness (QED) is 0.786. The van der Waals surface area contributed by atoms with Crippen LogP contribution in [0.25, 0.3) is 0 Å². The van der Waals surface area contributed by atoms with Crippen molar-refractivity contribution in [3.05, 3.63) is 28.8 Å². The number of phenols is 1. The van der Waals surface area contributed by atoms with Gasteiger partial charge in [-0.3, -0.25) is 4.99 Å². The molecule has 0 aliphatic heterocycles. The summed E-state index contributed by atoms with van der Waals surface area (Å²) in [5.74, 6) is 0.389. The number of aryl methyl sites for hydroxylation is 1. The first-order valence-electron chi connectivity index (χ1n) is 7.25. The van der Waals surface area contributed by atoms with Gasteiger partial charge in [0.2, 0.25) is 0 Å². The van der Waals surface area contributed by atoms with E-state index in [0.717, 1.165) is 11.1 Å². The molecule has 2 nitrogen and oxygen atoms in total. The lowest BCUT2D eigenvalue weighted by Gasteiger charge is -2.22. The van der Waals surface area contributed by atoms with Gasteiger partial charge in [-0.05, 0) is 36.8 Å². The van der Waals surface area contributed by atoms with Crippen molar-refractivity contribution in [1.29, 1.82) is 0 Å². The van der Waals surface area contributed by atoms with Crippen LogP contribution in [0, 0.1) is 6.92 Å². The number of hydrogen-bond acceptors (Lipinski definition) is 2. The highest BCUT2D eigenvalue weighted by Crippen LogP contribution is 2.34. The minimum atomic E-state index is -0.0496. The van der Waals surface area contributed by atoms with Crippen molar-refractivity contribution in [2.24, 2.45) is 4.99 Å². The van der Waals surface area contributed by atoms with Gasteiger partial charge in [-0.25, -0.2) is 0 Å². The van der Waals surface area contributed by atoms with Crippen LogP contribution in [-0.2, 0) is 5.41 Å². The van der Waals surface area contributed by atoms with E-state index in [2.05, 4.69) is 38.8 Å². The molecule has 0 saturated heterocycles. The summed E-state index contributed by atoms with van der Waals surface area (Å²) in [4.78, 5) is 4.63. The third-order valence-electron chi connectivity index (χ3n) is 3.84. The van der Waals surface area contributed by atoms with Gasteiger partial charge in [-0.2, -0.15) is 0 Å². The van der Waals surface area contributed by atoms with Gasteiger partial charge in [-0.15, -0.1) is 0 Å². The lowest BCUT2D eigenvalue weighted by Crippen LogP contribution is -2.12. The summed E-state index contributed by atoms with van der Waals surface area (Å²) in [7, 11) is 0.